The van der Waals surface area contributed by atoms with Gasteiger partial charge in [-0.15, -0.1) is 0 Å². The third kappa shape index (κ3) is 4.69. The van der Waals surface area contributed by atoms with Crippen LogP contribution in [-0.2, 0) is 9.47 Å². The minimum absolute atomic E-state index is 0.165. The average Bonchev–Trinajstić information content (AvgIpc) is 2.46. The van der Waals surface area contributed by atoms with Gasteiger partial charge in [0.1, 0.15) is 0 Å². The van der Waals surface area contributed by atoms with Crippen LogP contribution in [0.5, 0.6) is 0 Å². The first kappa shape index (κ1) is 17.9. The molecular formula is C16H34N2O2. The Morgan fingerprint density at radius 3 is 2.35 bits per heavy atom. The fraction of sp³-hybridized carbons (Fsp3) is 1.00. The van der Waals surface area contributed by atoms with E-state index in [-0.39, 0.29) is 5.54 Å². The molecule has 2 N–H and O–H groups in total. The molecule has 0 heterocycles. The van der Waals surface area contributed by atoms with Gasteiger partial charge in [-0.05, 0) is 37.5 Å². The monoisotopic (exact) mass is 286 g/mol. The summed E-state index contributed by atoms with van der Waals surface area (Å²) >= 11 is 0. The van der Waals surface area contributed by atoms with Gasteiger partial charge in [0, 0.05) is 46.0 Å². The van der Waals surface area contributed by atoms with Crippen molar-refractivity contribution < 1.29 is 9.47 Å². The molecule has 3 atom stereocenters. The molecule has 120 valence electrons. The van der Waals surface area contributed by atoms with E-state index in [1.54, 1.807) is 14.2 Å². The van der Waals surface area contributed by atoms with Gasteiger partial charge in [0.05, 0.1) is 6.61 Å². The highest BCUT2D eigenvalue weighted by Crippen LogP contribution is 2.39. The molecule has 0 radical (unpaired) electrons. The van der Waals surface area contributed by atoms with E-state index in [0.717, 1.165) is 51.1 Å². The highest BCUT2D eigenvalue weighted by Gasteiger charge is 2.40. The van der Waals surface area contributed by atoms with Crippen molar-refractivity contribution in [3.8, 4) is 0 Å². The fourth-order valence-electron chi connectivity index (χ4n) is 3.47. The summed E-state index contributed by atoms with van der Waals surface area (Å²) in [6, 6.07) is 0. The van der Waals surface area contributed by atoms with E-state index in [1.807, 2.05) is 0 Å². The maximum Gasteiger partial charge on any atom is 0.0589 e. The summed E-state index contributed by atoms with van der Waals surface area (Å²) in [6.45, 7) is 9.11. The molecule has 1 aliphatic carbocycles. The average molecular weight is 286 g/mol. The van der Waals surface area contributed by atoms with Crippen molar-refractivity contribution in [3.05, 3.63) is 0 Å². The third-order valence-corrected chi connectivity index (χ3v) is 5.13. The van der Waals surface area contributed by atoms with Gasteiger partial charge in [0.25, 0.3) is 0 Å². The van der Waals surface area contributed by atoms with Crippen LogP contribution in [0.4, 0.5) is 0 Å². The number of methoxy groups -OCH3 is 2. The number of hydrogen-bond donors (Lipinski definition) is 1. The van der Waals surface area contributed by atoms with Crippen LogP contribution < -0.4 is 5.73 Å². The Morgan fingerprint density at radius 1 is 1.10 bits per heavy atom. The van der Waals surface area contributed by atoms with Crippen molar-refractivity contribution in [2.45, 2.75) is 45.1 Å². The Morgan fingerprint density at radius 2 is 1.80 bits per heavy atom. The highest BCUT2D eigenvalue weighted by molar-refractivity contribution is 4.97. The quantitative estimate of drug-likeness (QED) is 0.660. The van der Waals surface area contributed by atoms with Crippen LogP contribution in [0, 0.1) is 11.8 Å². The molecule has 1 fully saturated rings. The second-order valence-electron chi connectivity index (χ2n) is 6.45. The van der Waals surface area contributed by atoms with Crippen molar-refractivity contribution in [2.75, 3.05) is 47.1 Å². The molecule has 0 amide bonds. The molecule has 0 saturated heterocycles. The van der Waals surface area contributed by atoms with E-state index in [4.69, 9.17) is 15.2 Å². The van der Waals surface area contributed by atoms with Gasteiger partial charge in [-0.1, -0.05) is 13.8 Å². The van der Waals surface area contributed by atoms with E-state index in [2.05, 4.69) is 18.7 Å². The molecule has 0 bridgehead atoms. The van der Waals surface area contributed by atoms with Gasteiger partial charge < -0.3 is 15.2 Å². The first-order valence-electron chi connectivity index (χ1n) is 8.02. The first-order chi connectivity index (χ1) is 9.59. The van der Waals surface area contributed by atoms with Crippen LogP contribution in [0.25, 0.3) is 0 Å². The lowest BCUT2D eigenvalue weighted by molar-refractivity contribution is 0.00121. The van der Waals surface area contributed by atoms with Gasteiger partial charge in [0.15, 0.2) is 0 Å². The molecule has 1 rings (SSSR count). The first-order valence-corrected chi connectivity index (χ1v) is 8.02. The SMILES string of the molecule is COCCCN(CCOC)C1(CN)CCC(C)C(C)C1. The highest BCUT2D eigenvalue weighted by atomic mass is 16.5. The van der Waals surface area contributed by atoms with E-state index in [1.165, 1.54) is 19.3 Å². The van der Waals surface area contributed by atoms with Crippen LogP contribution in [0.2, 0.25) is 0 Å². The molecule has 0 aromatic heterocycles. The Balaban J connectivity index is 2.71. The summed E-state index contributed by atoms with van der Waals surface area (Å²) in [5, 5.41) is 0. The van der Waals surface area contributed by atoms with Crippen LogP contribution in [0.3, 0.4) is 0 Å². The zero-order valence-corrected chi connectivity index (χ0v) is 13.9. The summed E-state index contributed by atoms with van der Waals surface area (Å²) in [4.78, 5) is 2.57. The summed E-state index contributed by atoms with van der Waals surface area (Å²) in [5.74, 6) is 1.57. The Bertz CT molecular complexity index is 263. The maximum atomic E-state index is 6.21. The molecule has 4 nitrogen and oxygen atoms in total. The van der Waals surface area contributed by atoms with Crippen molar-refractivity contribution >= 4 is 0 Å². The fourth-order valence-corrected chi connectivity index (χ4v) is 3.47. The Hall–Kier alpha value is -0.160. The second kappa shape index (κ2) is 8.98. The number of rotatable bonds is 9. The zero-order chi connectivity index (χ0) is 15.0. The molecular weight excluding hydrogens is 252 g/mol. The summed E-state index contributed by atoms with van der Waals surface area (Å²) < 4.78 is 10.5. The lowest BCUT2D eigenvalue weighted by Gasteiger charge is -2.49. The lowest BCUT2D eigenvalue weighted by atomic mass is 9.70. The minimum atomic E-state index is 0.165. The number of nitrogens with two attached hydrogens (primary N) is 1. The van der Waals surface area contributed by atoms with Gasteiger partial charge in [-0.25, -0.2) is 0 Å². The smallest absolute Gasteiger partial charge is 0.0589 e. The number of ether oxygens (including phenoxy) is 2. The zero-order valence-electron chi connectivity index (χ0n) is 13.9. The topological polar surface area (TPSA) is 47.7 Å². The molecule has 4 heteroatoms. The predicted octanol–water partition coefficient (Wildman–Crippen LogP) is 2.12. The van der Waals surface area contributed by atoms with Crippen LogP contribution in [-0.4, -0.2) is 57.5 Å². The van der Waals surface area contributed by atoms with E-state index < -0.39 is 0 Å². The standard InChI is InChI=1S/C16H34N2O2/c1-14-6-7-16(13-17,12-15(14)2)18(9-11-20-4)8-5-10-19-3/h14-15H,5-13,17H2,1-4H3. The molecule has 0 spiro atoms. The summed E-state index contributed by atoms with van der Waals surface area (Å²) in [6.07, 6.45) is 4.77. The molecule has 20 heavy (non-hydrogen) atoms. The van der Waals surface area contributed by atoms with Gasteiger partial charge in [-0.2, -0.15) is 0 Å². The summed E-state index contributed by atoms with van der Waals surface area (Å²) in [7, 11) is 3.54. The van der Waals surface area contributed by atoms with Crippen molar-refractivity contribution in [2.24, 2.45) is 17.6 Å². The molecule has 1 saturated carbocycles. The van der Waals surface area contributed by atoms with Crippen molar-refractivity contribution in [3.63, 3.8) is 0 Å². The maximum absolute atomic E-state index is 6.21. The Labute approximate surface area is 125 Å². The van der Waals surface area contributed by atoms with Gasteiger partial charge >= 0.3 is 0 Å². The molecule has 0 aliphatic heterocycles. The van der Waals surface area contributed by atoms with Gasteiger partial charge in [-0.3, -0.25) is 4.90 Å². The molecule has 0 aromatic carbocycles. The molecule has 0 aromatic rings. The van der Waals surface area contributed by atoms with E-state index >= 15 is 0 Å². The van der Waals surface area contributed by atoms with Crippen molar-refractivity contribution in [1.82, 2.24) is 4.90 Å². The van der Waals surface area contributed by atoms with Crippen LogP contribution in [0.15, 0.2) is 0 Å². The molecule has 1 aliphatic rings. The largest absolute Gasteiger partial charge is 0.385 e. The minimum Gasteiger partial charge on any atom is -0.385 e. The lowest BCUT2D eigenvalue weighted by Crippen LogP contribution is -2.58. The number of nitrogens with zero attached hydrogens (tertiary/aromatic N) is 1. The van der Waals surface area contributed by atoms with Crippen LogP contribution >= 0.6 is 0 Å². The molecule has 3 unspecified atom stereocenters. The van der Waals surface area contributed by atoms with Crippen molar-refractivity contribution in [1.29, 1.82) is 0 Å². The van der Waals surface area contributed by atoms with E-state index in [0.29, 0.717) is 0 Å². The normalized spacial score (nSPS) is 30.9. The third-order valence-electron chi connectivity index (χ3n) is 5.13. The summed E-state index contributed by atoms with van der Waals surface area (Å²) in [5.41, 5.74) is 6.37. The predicted molar refractivity (Wildman–Crippen MR) is 83.9 cm³/mol. The van der Waals surface area contributed by atoms with Crippen LogP contribution in [0.1, 0.15) is 39.5 Å². The Kier molecular flexibility index (Phi) is 8.03. The number of hydrogen-bond acceptors (Lipinski definition) is 4. The van der Waals surface area contributed by atoms with Gasteiger partial charge in [0.2, 0.25) is 0 Å². The second-order valence-corrected chi connectivity index (χ2v) is 6.45. The van der Waals surface area contributed by atoms with E-state index in [9.17, 15) is 0 Å².